The number of amides is 2. The summed E-state index contributed by atoms with van der Waals surface area (Å²) in [7, 11) is 3.48. The van der Waals surface area contributed by atoms with Crippen molar-refractivity contribution >= 4 is 29.1 Å². The zero-order valence-electron chi connectivity index (χ0n) is 14.3. The third-order valence-corrected chi connectivity index (χ3v) is 3.87. The van der Waals surface area contributed by atoms with E-state index in [-0.39, 0.29) is 18.4 Å². The van der Waals surface area contributed by atoms with E-state index in [4.69, 9.17) is 16.3 Å². The minimum Gasteiger partial charge on any atom is -0.482 e. The Hall–Kier alpha value is -2.53. The van der Waals surface area contributed by atoms with Crippen LogP contribution in [0.25, 0.3) is 0 Å². The van der Waals surface area contributed by atoms with Crippen LogP contribution in [0.2, 0.25) is 5.02 Å². The smallest absolute Gasteiger partial charge is 0.262 e. The lowest BCUT2D eigenvalue weighted by Crippen LogP contribution is -2.21. The van der Waals surface area contributed by atoms with Gasteiger partial charge in [-0.25, -0.2) is 0 Å². The highest BCUT2D eigenvalue weighted by molar-refractivity contribution is 6.32. The highest BCUT2D eigenvalue weighted by atomic mass is 35.5. The van der Waals surface area contributed by atoms with Crippen molar-refractivity contribution in [3.8, 4) is 5.75 Å². The molecule has 0 unspecified atom stereocenters. The zero-order chi connectivity index (χ0) is 18.2. The Balaban J connectivity index is 1.81. The predicted octanol–water partition coefficient (Wildman–Crippen LogP) is 3.38. The number of hydrogen-bond donors (Lipinski definition) is 1. The van der Waals surface area contributed by atoms with Crippen molar-refractivity contribution in [3.05, 3.63) is 59.1 Å². The Morgan fingerprint density at radius 2 is 1.76 bits per heavy atom. The number of benzene rings is 2. The van der Waals surface area contributed by atoms with Crippen molar-refractivity contribution in [2.45, 2.75) is 12.8 Å². The summed E-state index contributed by atoms with van der Waals surface area (Å²) in [5.74, 6) is 0.296. The fraction of sp³-hybridized carbons (Fsp3) is 0.263. The summed E-state index contributed by atoms with van der Waals surface area (Å²) in [4.78, 5) is 25.1. The molecule has 0 aliphatic rings. The van der Waals surface area contributed by atoms with Gasteiger partial charge in [-0.1, -0.05) is 35.9 Å². The summed E-state index contributed by atoms with van der Waals surface area (Å²) >= 11 is 5.97. The molecule has 0 saturated heterocycles. The standard InChI is InChI=1S/C19H21ClN2O3/c1-22(2)19(24)12-9-14-7-10-15(11-8-14)21-18(23)13-25-17-6-4-3-5-16(17)20/h3-8,10-11H,9,12-13H2,1-2H3,(H,21,23). The fourth-order valence-electron chi connectivity index (χ4n) is 2.13. The van der Waals surface area contributed by atoms with Crippen LogP contribution in [0.1, 0.15) is 12.0 Å². The van der Waals surface area contributed by atoms with E-state index in [0.717, 1.165) is 5.56 Å². The average Bonchev–Trinajstić information content (AvgIpc) is 2.60. The minimum atomic E-state index is -0.268. The Morgan fingerprint density at radius 1 is 1.08 bits per heavy atom. The lowest BCUT2D eigenvalue weighted by Gasteiger charge is -2.11. The molecule has 0 bridgehead atoms. The molecule has 0 spiro atoms. The minimum absolute atomic E-state index is 0.0918. The number of ether oxygens (including phenoxy) is 1. The largest absolute Gasteiger partial charge is 0.482 e. The van der Waals surface area contributed by atoms with Crippen LogP contribution in [-0.2, 0) is 16.0 Å². The summed E-state index contributed by atoms with van der Waals surface area (Å²) in [5, 5.41) is 3.22. The molecule has 0 aromatic heterocycles. The van der Waals surface area contributed by atoms with Gasteiger partial charge in [0.25, 0.3) is 5.91 Å². The van der Waals surface area contributed by atoms with Gasteiger partial charge >= 0.3 is 0 Å². The number of hydrogen-bond acceptors (Lipinski definition) is 3. The van der Waals surface area contributed by atoms with E-state index >= 15 is 0 Å². The van der Waals surface area contributed by atoms with Crippen LogP contribution >= 0.6 is 11.6 Å². The maximum absolute atomic E-state index is 11.9. The number of carbonyl (C=O) groups excluding carboxylic acids is 2. The van der Waals surface area contributed by atoms with Gasteiger partial charge in [0.1, 0.15) is 5.75 Å². The first-order valence-electron chi connectivity index (χ1n) is 7.92. The molecule has 5 nitrogen and oxygen atoms in total. The van der Waals surface area contributed by atoms with E-state index in [1.807, 2.05) is 24.3 Å². The molecule has 6 heteroatoms. The summed E-state index contributed by atoms with van der Waals surface area (Å²) < 4.78 is 5.40. The van der Waals surface area contributed by atoms with Gasteiger partial charge in [-0.3, -0.25) is 9.59 Å². The lowest BCUT2D eigenvalue weighted by molar-refractivity contribution is -0.128. The van der Waals surface area contributed by atoms with Crippen LogP contribution in [0.3, 0.4) is 0 Å². The molecule has 2 amide bonds. The first-order valence-corrected chi connectivity index (χ1v) is 8.30. The molecule has 0 radical (unpaired) electrons. The topological polar surface area (TPSA) is 58.6 Å². The van der Waals surface area contributed by atoms with E-state index in [1.165, 1.54) is 0 Å². The quantitative estimate of drug-likeness (QED) is 0.823. The SMILES string of the molecule is CN(C)C(=O)CCc1ccc(NC(=O)COc2ccccc2Cl)cc1. The Bertz CT molecular complexity index is 730. The number of anilines is 1. The molecule has 0 heterocycles. The first kappa shape index (κ1) is 18.8. The monoisotopic (exact) mass is 360 g/mol. The summed E-state index contributed by atoms with van der Waals surface area (Å²) in [6, 6.07) is 14.4. The number of rotatable bonds is 7. The van der Waals surface area contributed by atoms with Crippen LogP contribution in [0, 0.1) is 0 Å². The third kappa shape index (κ3) is 6.12. The van der Waals surface area contributed by atoms with Crippen LogP contribution in [0.4, 0.5) is 5.69 Å². The molecule has 0 aliphatic carbocycles. The molecule has 0 atom stereocenters. The van der Waals surface area contributed by atoms with Crippen LogP contribution in [-0.4, -0.2) is 37.4 Å². The van der Waals surface area contributed by atoms with Gasteiger partial charge in [0.05, 0.1) is 5.02 Å². The van der Waals surface area contributed by atoms with Crippen LogP contribution in [0.15, 0.2) is 48.5 Å². The molecule has 0 fully saturated rings. The lowest BCUT2D eigenvalue weighted by atomic mass is 10.1. The molecular weight excluding hydrogens is 340 g/mol. The highest BCUT2D eigenvalue weighted by Gasteiger charge is 2.07. The number of nitrogens with one attached hydrogen (secondary N) is 1. The van der Waals surface area contributed by atoms with Crippen molar-refractivity contribution < 1.29 is 14.3 Å². The Labute approximate surface area is 152 Å². The van der Waals surface area contributed by atoms with E-state index in [1.54, 1.807) is 43.3 Å². The second-order valence-electron chi connectivity index (χ2n) is 5.75. The normalized spacial score (nSPS) is 10.2. The summed E-state index contributed by atoms with van der Waals surface area (Å²) in [6.45, 7) is -0.122. The van der Waals surface area contributed by atoms with Crippen molar-refractivity contribution in [2.75, 3.05) is 26.0 Å². The molecule has 1 N–H and O–H groups in total. The molecule has 0 aliphatic heterocycles. The zero-order valence-corrected chi connectivity index (χ0v) is 15.0. The highest BCUT2D eigenvalue weighted by Crippen LogP contribution is 2.23. The van der Waals surface area contributed by atoms with Gasteiger partial charge in [-0.15, -0.1) is 0 Å². The fourth-order valence-corrected chi connectivity index (χ4v) is 2.32. The van der Waals surface area contributed by atoms with Crippen LogP contribution < -0.4 is 10.1 Å². The summed E-state index contributed by atoms with van der Waals surface area (Å²) in [6.07, 6.45) is 1.13. The van der Waals surface area contributed by atoms with E-state index < -0.39 is 0 Å². The molecule has 25 heavy (non-hydrogen) atoms. The molecule has 0 saturated carbocycles. The van der Waals surface area contributed by atoms with Gasteiger partial charge in [0.2, 0.25) is 5.91 Å². The van der Waals surface area contributed by atoms with Gasteiger partial charge in [0, 0.05) is 26.2 Å². The van der Waals surface area contributed by atoms with Crippen molar-refractivity contribution in [1.82, 2.24) is 4.90 Å². The molecule has 2 aromatic rings. The van der Waals surface area contributed by atoms with Crippen LogP contribution in [0.5, 0.6) is 5.75 Å². The number of halogens is 1. The number of nitrogens with zero attached hydrogens (tertiary/aromatic N) is 1. The maximum atomic E-state index is 11.9. The molecule has 132 valence electrons. The van der Waals surface area contributed by atoms with Gasteiger partial charge in [-0.2, -0.15) is 0 Å². The van der Waals surface area contributed by atoms with E-state index in [2.05, 4.69) is 5.32 Å². The molecule has 2 aromatic carbocycles. The summed E-state index contributed by atoms with van der Waals surface area (Å²) in [5.41, 5.74) is 1.72. The second kappa shape index (κ2) is 9.08. The number of carbonyl (C=O) groups is 2. The average molecular weight is 361 g/mol. The van der Waals surface area contributed by atoms with E-state index in [9.17, 15) is 9.59 Å². The van der Waals surface area contributed by atoms with Gasteiger partial charge in [0.15, 0.2) is 6.61 Å². The van der Waals surface area contributed by atoms with Crippen molar-refractivity contribution in [2.24, 2.45) is 0 Å². The second-order valence-corrected chi connectivity index (χ2v) is 6.16. The van der Waals surface area contributed by atoms with E-state index in [0.29, 0.717) is 29.3 Å². The molecule has 2 rings (SSSR count). The first-order chi connectivity index (χ1) is 12.0. The Morgan fingerprint density at radius 3 is 2.40 bits per heavy atom. The number of aryl methyl sites for hydroxylation is 1. The van der Waals surface area contributed by atoms with Crippen molar-refractivity contribution in [1.29, 1.82) is 0 Å². The van der Waals surface area contributed by atoms with Gasteiger partial charge < -0.3 is 15.0 Å². The van der Waals surface area contributed by atoms with Crippen molar-refractivity contribution in [3.63, 3.8) is 0 Å². The predicted molar refractivity (Wildman–Crippen MR) is 99.0 cm³/mol. The maximum Gasteiger partial charge on any atom is 0.262 e. The Kier molecular flexibility index (Phi) is 6.83. The molecular formula is C19H21ClN2O3. The third-order valence-electron chi connectivity index (χ3n) is 3.56. The van der Waals surface area contributed by atoms with Gasteiger partial charge in [-0.05, 0) is 36.2 Å². The number of para-hydroxylation sites is 1.